The van der Waals surface area contributed by atoms with Crippen LogP contribution >= 0.6 is 0 Å². The third-order valence-electron chi connectivity index (χ3n) is 3.95. The van der Waals surface area contributed by atoms with E-state index in [1.807, 2.05) is 37.3 Å². The van der Waals surface area contributed by atoms with Gasteiger partial charge in [0.2, 0.25) is 0 Å². The van der Waals surface area contributed by atoms with Crippen molar-refractivity contribution in [1.82, 2.24) is 14.8 Å². The third-order valence-corrected chi connectivity index (χ3v) is 3.95. The van der Waals surface area contributed by atoms with Crippen molar-refractivity contribution in [3.63, 3.8) is 0 Å². The molecule has 24 heavy (non-hydrogen) atoms. The molecule has 0 fully saturated rings. The first kappa shape index (κ1) is 16.1. The number of phenols is 1. The lowest BCUT2D eigenvalue weighted by molar-refractivity contribution is 0.199. The molecule has 0 saturated heterocycles. The molecular weight excluding hydrogens is 309 g/mol. The Hall–Kier alpha value is -2.73. The molecule has 0 aliphatic heterocycles. The van der Waals surface area contributed by atoms with Crippen molar-refractivity contribution >= 4 is 0 Å². The number of aliphatic hydroxyl groups excluding tert-OH is 1. The summed E-state index contributed by atoms with van der Waals surface area (Å²) in [5.74, 6) is -0.0992. The SMILES string of the molecule is CCc1cc(C(O)c2nc(-c3ccccc3)nn2C)c(F)cc1O. The second kappa shape index (κ2) is 6.41. The second-order valence-corrected chi connectivity index (χ2v) is 5.54. The summed E-state index contributed by atoms with van der Waals surface area (Å²) in [4.78, 5) is 4.35. The van der Waals surface area contributed by atoms with E-state index >= 15 is 0 Å². The van der Waals surface area contributed by atoms with Gasteiger partial charge in [0, 0.05) is 24.2 Å². The Labute approximate surface area is 139 Å². The monoisotopic (exact) mass is 327 g/mol. The van der Waals surface area contributed by atoms with Crippen LogP contribution in [0.15, 0.2) is 42.5 Å². The van der Waals surface area contributed by atoms with Crippen LogP contribution in [0.3, 0.4) is 0 Å². The van der Waals surface area contributed by atoms with Gasteiger partial charge in [0.1, 0.15) is 17.7 Å². The van der Waals surface area contributed by atoms with E-state index < -0.39 is 11.9 Å². The average Bonchev–Trinajstić information content (AvgIpc) is 2.97. The minimum atomic E-state index is -1.27. The molecule has 2 aromatic carbocycles. The van der Waals surface area contributed by atoms with Crippen LogP contribution in [-0.2, 0) is 13.5 Å². The van der Waals surface area contributed by atoms with E-state index in [0.717, 1.165) is 11.6 Å². The van der Waals surface area contributed by atoms with E-state index in [1.165, 1.54) is 10.7 Å². The zero-order valence-corrected chi connectivity index (χ0v) is 13.4. The maximum atomic E-state index is 14.2. The fraction of sp³-hybridized carbons (Fsp3) is 0.222. The maximum Gasteiger partial charge on any atom is 0.181 e. The molecule has 0 radical (unpaired) electrons. The van der Waals surface area contributed by atoms with Crippen molar-refractivity contribution in [2.75, 3.05) is 0 Å². The minimum absolute atomic E-state index is 0.0692. The Morgan fingerprint density at radius 1 is 1.21 bits per heavy atom. The fourth-order valence-corrected chi connectivity index (χ4v) is 2.60. The van der Waals surface area contributed by atoms with E-state index in [2.05, 4.69) is 10.1 Å². The molecule has 3 aromatic rings. The number of aryl methyl sites for hydroxylation is 2. The molecule has 0 aliphatic carbocycles. The van der Waals surface area contributed by atoms with Crippen LogP contribution in [-0.4, -0.2) is 25.0 Å². The van der Waals surface area contributed by atoms with Gasteiger partial charge in [0.05, 0.1) is 0 Å². The summed E-state index contributed by atoms with van der Waals surface area (Å²) < 4.78 is 15.6. The predicted molar refractivity (Wildman–Crippen MR) is 87.9 cm³/mol. The summed E-state index contributed by atoms with van der Waals surface area (Å²) in [6.07, 6.45) is -0.745. The molecular formula is C18H18FN3O2. The van der Waals surface area contributed by atoms with Crippen LogP contribution in [0.4, 0.5) is 4.39 Å². The molecule has 0 bridgehead atoms. The van der Waals surface area contributed by atoms with Gasteiger partial charge in [-0.25, -0.2) is 14.1 Å². The Kier molecular flexibility index (Phi) is 4.31. The molecule has 2 N–H and O–H groups in total. The molecule has 3 rings (SSSR count). The molecule has 0 aliphatic rings. The van der Waals surface area contributed by atoms with E-state index in [0.29, 0.717) is 17.8 Å². The standard InChI is InChI=1S/C18H18FN3O2/c1-3-11-9-13(14(19)10-15(11)23)16(24)18-20-17(21-22(18)2)12-7-5-4-6-8-12/h4-10,16,23-24H,3H2,1-2H3. The number of hydrogen-bond acceptors (Lipinski definition) is 4. The van der Waals surface area contributed by atoms with E-state index in [4.69, 9.17) is 0 Å². The zero-order valence-electron chi connectivity index (χ0n) is 13.4. The van der Waals surface area contributed by atoms with Crippen molar-refractivity contribution in [2.24, 2.45) is 7.05 Å². The first-order valence-corrected chi connectivity index (χ1v) is 7.67. The van der Waals surface area contributed by atoms with Gasteiger partial charge < -0.3 is 10.2 Å². The first-order chi connectivity index (χ1) is 11.5. The lowest BCUT2D eigenvalue weighted by atomic mass is 10.0. The normalized spacial score (nSPS) is 12.3. The van der Waals surface area contributed by atoms with E-state index in [9.17, 15) is 14.6 Å². The van der Waals surface area contributed by atoms with Gasteiger partial charge in [-0.05, 0) is 18.1 Å². The molecule has 0 saturated carbocycles. The van der Waals surface area contributed by atoms with Crippen LogP contribution in [0.5, 0.6) is 5.75 Å². The van der Waals surface area contributed by atoms with E-state index in [1.54, 1.807) is 7.05 Å². The number of rotatable bonds is 4. The fourth-order valence-electron chi connectivity index (χ4n) is 2.60. The van der Waals surface area contributed by atoms with Crippen molar-refractivity contribution in [2.45, 2.75) is 19.4 Å². The number of halogens is 1. The summed E-state index contributed by atoms with van der Waals surface area (Å²) in [6.45, 7) is 1.85. The Bertz CT molecular complexity index is 862. The number of benzene rings is 2. The molecule has 5 nitrogen and oxygen atoms in total. The molecule has 6 heteroatoms. The Balaban J connectivity index is 2.02. The van der Waals surface area contributed by atoms with Gasteiger partial charge in [0.15, 0.2) is 11.6 Å². The second-order valence-electron chi connectivity index (χ2n) is 5.54. The van der Waals surface area contributed by atoms with Crippen LogP contribution < -0.4 is 0 Å². The topological polar surface area (TPSA) is 71.2 Å². The summed E-state index contributed by atoms with van der Waals surface area (Å²) in [5, 5.41) is 24.6. The molecule has 0 spiro atoms. The average molecular weight is 327 g/mol. The number of aromatic hydroxyl groups is 1. The van der Waals surface area contributed by atoms with Crippen molar-refractivity contribution in [3.8, 4) is 17.1 Å². The summed E-state index contributed by atoms with van der Waals surface area (Å²) in [7, 11) is 1.65. The van der Waals surface area contributed by atoms with Gasteiger partial charge in [-0.1, -0.05) is 37.3 Å². The highest BCUT2D eigenvalue weighted by Crippen LogP contribution is 2.30. The number of aromatic nitrogens is 3. The molecule has 1 atom stereocenters. The van der Waals surface area contributed by atoms with Crippen LogP contribution in [0.1, 0.15) is 30.0 Å². The summed E-state index contributed by atoms with van der Waals surface area (Å²) in [5.41, 5.74) is 1.45. The Morgan fingerprint density at radius 2 is 1.92 bits per heavy atom. The Morgan fingerprint density at radius 3 is 2.58 bits per heavy atom. The van der Waals surface area contributed by atoms with E-state index in [-0.39, 0.29) is 17.1 Å². The maximum absolute atomic E-state index is 14.2. The number of hydrogen-bond donors (Lipinski definition) is 2. The summed E-state index contributed by atoms with van der Waals surface area (Å²) >= 11 is 0. The molecule has 1 aromatic heterocycles. The van der Waals surface area contributed by atoms with Gasteiger partial charge in [-0.2, -0.15) is 5.10 Å². The van der Waals surface area contributed by atoms with Crippen LogP contribution in [0.2, 0.25) is 0 Å². The highest BCUT2D eigenvalue weighted by molar-refractivity contribution is 5.54. The smallest absolute Gasteiger partial charge is 0.181 e. The molecule has 124 valence electrons. The van der Waals surface area contributed by atoms with Crippen molar-refractivity contribution < 1.29 is 14.6 Å². The minimum Gasteiger partial charge on any atom is -0.508 e. The van der Waals surface area contributed by atoms with Crippen LogP contribution in [0, 0.1) is 5.82 Å². The molecule has 1 unspecified atom stereocenters. The lowest BCUT2D eigenvalue weighted by Crippen LogP contribution is -2.10. The van der Waals surface area contributed by atoms with Crippen molar-refractivity contribution in [1.29, 1.82) is 0 Å². The molecule has 0 amide bonds. The predicted octanol–water partition coefficient (Wildman–Crippen LogP) is 2.97. The largest absolute Gasteiger partial charge is 0.508 e. The van der Waals surface area contributed by atoms with Gasteiger partial charge >= 0.3 is 0 Å². The van der Waals surface area contributed by atoms with Crippen molar-refractivity contribution in [3.05, 3.63) is 65.2 Å². The quantitative estimate of drug-likeness (QED) is 0.773. The van der Waals surface area contributed by atoms with Gasteiger partial charge in [0.25, 0.3) is 0 Å². The highest BCUT2D eigenvalue weighted by atomic mass is 19.1. The first-order valence-electron chi connectivity index (χ1n) is 7.67. The molecule has 1 heterocycles. The number of nitrogens with zero attached hydrogens (tertiary/aromatic N) is 3. The zero-order chi connectivity index (χ0) is 17.3. The number of aliphatic hydroxyl groups is 1. The number of phenolic OH excluding ortho intramolecular Hbond substituents is 1. The van der Waals surface area contributed by atoms with Gasteiger partial charge in [-0.15, -0.1) is 0 Å². The highest BCUT2D eigenvalue weighted by Gasteiger charge is 2.23. The third kappa shape index (κ3) is 2.88. The van der Waals surface area contributed by atoms with Gasteiger partial charge in [-0.3, -0.25) is 0 Å². The summed E-state index contributed by atoms with van der Waals surface area (Å²) in [6, 6.07) is 11.8. The van der Waals surface area contributed by atoms with Crippen LogP contribution in [0.25, 0.3) is 11.4 Å². The lowest BCUT2D eigenvalue weighted by Gasteiger charge is -2.13.